The predicted octanol–water partition coefficient (Wildman–Crippen LogP) is 8.59. The van der Waals surface area contributed by atoms with Gasteiger partial charge in [0.1, 0.15) is 25.6 Å². The Kier molecular flexibility index (Phi) is 17.1. The van der Waals surface area contributed by atoms with E-state index in [1.807, 2.05) is 6.92 Å². The number of Topliss-reactive ketones (excluding diaryl/α,β-unsaturated/α-hetero) is 2. The van der Waals surface area contributed by atoms with E-state index in [4.69, 9.17) is 10.0 Å². The lowest BCUT2D eigenvalue weighted by molar-refractivity contribution is -0.268. The molecule has 6 fully saturated rings. The monoisotopic (exact) mass is 1030 g/mol. The van der Waals surface area contributed by atoms with Crippen LogP contribution in [0.5, 0.6) is 0 Å². The van der Waals surface area contributed by atoms with Crippen molar-refractivity contribution in [3.05, 3.63) is 59.3 Å². The zero-order valence-electron chi connectivity index (χ0n) is 43.2. The van der Waals surface area contributed by atoms with E-state index in [0.717, 1.165) is 18.9 Å². The maximum Gasteiger partial charge on any atom is 0.192 e. The van der Waals surface area contributed by atoms with Gasteiger partial charge in [-0.25, -0.2) is 23.0 Å². The molecule has 0 aromatic carbocycles. The van der Waals surface area contributed by atoms with Gasteiger partial charge in [-0.05, 0) is 129 Å². The fourth-order valence-corrected chi connectivity index (χ4v) is 15.3. The molecule has 5 saturated carbocycles. The van der Waals surface area contributed by atoms with Crippen molar-refractivity contribution in [3.8, 4) is 0 Å². The van der Waals surface area contributed by atoms with Crippen molar-refractivity contribution in [2.24, 2.45) is 62.1 Å². The highest BCUT2D eigenvalue weighted by Gasteiger charge is 2.79. The Morgan fingerprint density at radius 1 is 0.753 bits per heavy atom. The predicted molar refractivity (Wildman–Crippen MR) is 271 cm³/mol. The Morgan fingerprint density at radius 2 is 1.25 bits per heavy atom. The Morgan fingerprint density at radius 3 is 1.70 bits per heavy atom. The molecule has 8 aliphatic carbocycles. The van der Waals surface area contributed by atoms with Crippen LogP contribution in [-0.2, 0) is 24.0 Å². The van der Waals surface area contributed by atoms with Gasteiger partial charge in [-0.15, -0.1) is 0 Å². The molecule has 0 aromatic heterocycles. The number of carbonyl (C=O) groups excluding carboxylic acids is 4. The van der Waals surface area contributed by atoms with Gasteiger partial charge >= 0.3 is 0 Å². The van der Waals surface area contributed by atoms with Crippen molar-refractivity contribution in [1.82, 2.24) is 10.5 Å². The Balaban J connectivity index is 0.000000236. The molecule has 1 aliphatic heterocycles. The van der Waals surface area contributed by atoms with Gasteiger partial charge in [0.25, 0.3) is 0 Å². The molecule has 16 atom stereocenters. The fraction of sp³-hybridized carbons (Fsp3) is 0.754. The first-order chi connectivity index (χ1) is 32.8. The molecule has 0 amide bonds. The molecule has 0 spiro atoms. The van der Waals surface area contributed by atoms with E-state index < -0.39 is 106 Å². The number of nitrogens with zero attached hydrogens (tertiary/aromatic N) is 1. The van der Waals surface area contributed by atoms with Crippen LogP contribution in [0.25, 0.3) is 0 Å². The third-order valence-electron chi connectivity index (χ3n) is 19.0. The number of hydroxylamine groups is 3. The molecule has 6 N–H and O–H groups in total. The largest absolute Gasteiger partial charge is 0.390 e. The van der Waals surface area contributed by atoms with Gasteiger partial charge in [0.2, 0.25) is 0 Å². The van der Waals surface area contributed by atoms with Crippen LogP contribution in [0, 0.1) is 62.1 Å². The van der Waals surface area contributed by atoms with E-state index in [-0.39, 0.29) is 80.5 Å². The number of allylic oxidation sites excluding steroid dienone is 9. The van der Waals surface area contributed by atoms with Crippen molar-refractivity contribution in [3.63, 3.8) is 0 Å². The Bertz CT molecular complexity index is 2310. The van der Waals surface area contributed by atoms with Gasteiger partial charge in [-0.1, -0.05) is 88.5 Å². The van der Waals surface area contributed by atoms with Crippen molar-refractivity contribution in [2.75, 3.05) is 32.8 Å². The average molecular weight is 1040 g/mol. The van der Waals surface area contributed by atoms with Crippen LogP contribution in [0.15, 0.2) is 59.3 Å². The first-order valence-electron chi connectivity index (χ1n) is 25.5. The van der Waals surface area contributed by atoms with Crippen LogP contribution in [0.2, 0.25) is 0 Å². The number of ketones is 4. The van der Waals surface area contributed by atoms with Crippen LogP contribution in [0.4, 0.5) is 17.6 Å². The molecule has 0 aromatic rings. The number of alkyl halides is 4. The summed E-state index contributed by atoms with van der Waals surface area (Å²) in [6.45, 7) is 20.0. The Hall–Kier alpha value is -3.22. The molecular formula is C57H86F4N2O10. The average Bonchev–Trinajstić information content (AvgIpc) is 3.91. The lowest BCUT2D eigenvalue weighted by Gasteiger charge is -2.63. The molecule has 12 nitrogen and oxygen atoms in total. The number of hydrogen-bond acceptors (Lipinski definition) is 12. The number of hydrogen-bond donors (Lipinski definition) is 6. The minimum atomic E-state index is -2.20. The van der Waals surface area contributed by atoms with Crippen molar-refractivity contribution in [1.29, 1.82) is 0 Å². The summed E-state index contributed by atoms with van der Waals surface area (Å²) >= 11 is 0. The van der Waals surface area contributed by atoms with E-state index in [9.17, 15) is 39.6 Å². The van der Waals surface area contributed by atoms with Crippen LogP contribution in [0.3, 0.4) is 0 Å². The van der Waals surface area contributed by atoms with Gasteiger partial charge < -0.3 is 25.6 Å². The molecular weight excluding hydrogens is 949 g/mol. The molecule has 1 heterocycles. The lowest BCUT2D eigenvalue weighted by Crippen LogP contribution is -2.70. The second-order valence-electron chi connectivity index (χ2n) is 25.4. The topological polar surface area (TPSA) is 194 Å². The minimum absolute atomic E-state index is 0. The highest BCUT2D eigenvalue weighted by Crippen LogP contribution is 2.73. The first kappa shape index (κ1) is 60.6. The van der Waals surface area contributed by atoms with Crippen molar-refractivity contribution < 1.29 is 67.2 Å². The molecule has 9 aliphatic rings. The zero-order valence-corrected chi connectivity index (χ0v) is 43.2. The van der Waals surface area contributed by atoms with Crippen LogP contribution in [0.1, 0.15) is 135 Å². The minimum Gasteiger partial charge on any atom is -0.390 e. The molecule has 0 unspecified atom stereocenters. The van der Waals surface area contributed by atoms with E-state index >= 15 is 17.6 Å². The molecule has 0 radical (unpaired) electrons. The number of nitrogens with one attached hydrogen (secondary N) is 1. The summed E-state index contributed by atoms with van der Waals surface area (Å²) in [5.74, 6) is -4.40. The van der Waals surface area contributed by atoms with Gasteiger partial charge in [0, 0.05) is 59.0 Å². The number of fused-ring (bicyclic) bond motifs is 12. The van der Waals surface area contributed by atoms with E-state index in [1.165, 1.54) is 30.4 Å². The summed E-state index contributed by atoms with van der Waals surface area (Å²) in [5, 5.41) is 51.7. The number of aliphatic hydroxyl groups excluding tert-OH is 4. The molecule has 73 heavy (non-hydrogen) atoms. The quantitative estimate of drug-likeness (QED) is 0.100. The van der Waals surface area contributed by atoms with Gasteiger partial charge in [0.05, 0.1) is 12.2 Å². The Labute approximate surface area is 430 Å². The lowest BCUT2D eigenvalue weighted by atomic mass is 9.44. The van der Waals surface area contributed by atoms with Crippen LogP contribution in [-0.4, -0.2) is 128 Å². The zero-order chi connectivity index (χ0) is 52.9. The summed E-state index contributed by atoms with van der Waals surface area (Å²) in [6, 6.07) is 0. The summed E-state index contributed by atoms with van der Waals surface area (Å²) in [5.41, 5.74) is -7.28. The highest BCUT2D eigenvalue weighted by atomic mass is 19.2. The normalized spacial score (nSPS) is 42.9. The summed E-state index contributed by atoms with van der Waals surface area (Å²) in [4.78, 5) is 55.9. The standard InChI is InChI=1S/C28H39F2NO5.C21H24F2O4.C6H15NO.2CH4/c1-24(2,3)8-9-31-14-16-10-18-19-12-21(29)20-11-17(33)6-7-25(20,4)27(19,30)22(34)13-26(18,5)28(16,36-31)23(35)15-32;1-19-9-18(27)21(23)14(12(19)3-4-13(19)17(26)10-24)8-16(22)15-7-11(25)5-6-20(15,21)2;1-6(2,3)4-5-7-8;;/h6-7,11,16,18-19,21-22,32,34H,8-10,12-15H2,1-5H3;4-7,12,14,16,18,24,27H,3,8-10H2,1-2H3;7-8H,4-5H2,1-3H3;2*1H4/t16-,18-,19-,21-,22-,25-,26-,27-,28-;12-,14-,16-,18-,19-,20-,21-;;;/m00.../s1. The SMILES string of the molecule is C.C.CC(C)(C)CCN1C[C@@H]2C[C@H]3[C@@H]4C[C@H](F)C5=CC(=O)C=C[C@]5(C)[C@@]4(F)[C@@H](O)C[C@]3(C)[C@]2(C(=O)CO)O1.CC(C)(C)CCNO.C[C@]12C=CC(=O)C=C1[C@@H](F)C[C@H]1[C@@H]3CC=C(C(=O)CO)[C@@]3(C)C[C@H](O)[C@@]12F. The van der Waals surface area contributed by atoms with Crippen LogP contribution < -0.4 is 5.48 Å². The van der Waals surface area contributed by atoms with Crippen molar-refractivity contribution in [2.45, 2.75) is 177 Å². The number of rotatable bonds is 8. The number of aliphatic hydroxyl groups is 4. The van der Waals surface area contributed by atoms with E-state index in [1.54, 1.807) is 31.9 Å². The van der Waals surface area contributed by atoms with E-state index in [2.05, 4.69) is 47.0 Å². The molecule has 1 saturated heterocycles. The second kappa shape index (κ2) is 20.6. The van der Waals surface area contributed by atoms with Gasteiger partial charge in [-0.2, -0.15) is 5.06 Å². The summed E-state index contributed by atoms with van der Waals surface area (Å²) in [7, 11) is 0. The third kappa shape index (κ3) is 9.39. The number of carbonyl (C=O) groups is 4. The maximum atomic E-state index is 17.3. The smallest absolute Gasteiger partial charge is 0.192 e. The fourth-order valence-electron chi connectivity index (χ4n) is 15.3. The first-order valence-corrected chi connectivity index (χ1v) is 25.5. The summed E-state index contributed by atoms with van der Waals surface area (Å²) < 4.78 is 64.7. The van der Waals surface area contributed by atoms with Gasteiger partial charge in [-0.3, -0.25) is 24.0 Å². The molecule has 16 heteroatoms. The maximum absolute atomic E-state index is 17.3. The van der Waals surface area contributed by atoms with E-state index in [0.29, 0.717) is 43.5 Å². The van der Waals surface area contributed by atoms with Gasteiger partial charge in [0.15, 0.2) is 40.1 Å². The third-order valence-corrected chi connectivity index (χ3v) is 19.0. The van der Waals surface area contributed by atoms with Crippen molar-refractivity contribution >= 4 is 23.1 Å². The highest BCUT2D eigenvalue weighted by molar-refractivity contribution is 6.02. The molecule has 412 valence electrons. The number of halogens is 4. The second-order valence-corrected chi connectivity index (χ2v) is 25.4. The van der Waals surface area contributed by atoms with Crippen LogP contribution >= 0.6 is 0 Å². The summed E-state index contributed by atoms with van der Waals surface area (Å²) in [6.07, 6.45) is 5.81. The molecule has 0 bridgehead atoms. The molecule has 9 rings (SSSR count).